The van der Waals surface area contributed by atoms with Crippen LogP contribution in [0.15, 0.2) is 24.3 Å². The maximum atomic E-state index is 5.86. The second-order valence-electron chi connectivity index (χ2n) is 5.66. The SMILES string of the molecule is CC(C)(C)[C@@]1(CCc2ccc(Cl)cc2)CO1. The van der Waals surface area contributed by atoms with Crippen molar-refractivity contribution in [3.63, 3.8) is 0 Å². The van der Waals surface area contributed by atoms with E-state index < -0.39 is 0 Å². The molecule has 1 aliphatic heterocycles. The Bertz CT molecular complexity index is 357. The van der Waals surface area contributed by atoms with Gasteiger partial charge >= 0.3 is 0 Å². The Balaban J connectivity index is 1.96. The molecular weight excluding hydrogens is 220 g/mol. The molecule has 1 heterocycles. The molecule has 0 radical (unpaired) electrons. The third-order valence-corrected chi connectivity index (χ3v) is 3.84. The van der Waals surface area contributed by atoms with Crippen LogP contribution in [0.2, 0.25) is 5.02 Å². The van der Waals surface area contributed by atoms with Crippen LogP contribution in [-0.4, -0.2) is 12.2 Å². The summed E-state index contributed by atoms with van der Waals surface area (Å²) in [6.45, 7) is 7.66. The number of benzene rings is 1. The highest BCUT2D eigenvalue weighted by molar-refractivity contribution is 6.30. The van der Waals surface area contributed by atoms with Crippen molar-refractivity contribution in [2.45, 2.75) is 39.2 Å². The monoisotopic (exact) mass is 238 g/mol. The summed E-state index contributed by atoms with van der Waals surface area (Å²) in [6.07, 6.45) is 2.16. The second kappa shape index (κ2) is 4.05. The molecule has 1 aromatic carbocycles. The van der Waals surface area contributed by atoms with Crippen LogP contribution in [-0.2, 0) is 11.2 Å². The van der Waals surface area contributed by atoms with Gasteiger partial charge in [0.1, 0.15) is 0 Å². The highest BCUT2D eigenvalue weighted by Gasteiger charge is 2.53. The van der Waals surface area contributed by atoms with Crippen LogP contribution >= 0.6 is 11.6 Å². The van der Waals surface area contributed by atoms with Gasteiger partial charge in [-0.05, 0) is 36.0 Å². The number of aryl methyl sites for hydroxylation is 1. The number of ether oxygens (including phenoxy) is 1. The maximum Gasteiger partial charge on any atom is 0.0967 e. The van der Waals surface area contributed by atoms with Crippen LogP contribution in [0, 0.1) is 5.41 Å². The van der Waals surface area contributed by atoms with Gasteiger partial charge < -0.3 is 4.74 Å². The fourth-order valence-corrected chi connectivity index (χ4v) is 2.16. The largest absolute Gasteiger partial charge is 0.369 e. The van der Waals surface area contributed by atoms with Crippen molar-refractivity contribution < 1.29 is 4.74 Å². The summed E-state index contributed by atoms with van der Waals surface area (Å²) < 4.78 is 5.68. The van der Waals surface area contributed by atoms with Gasteiger partial charge in [-0.1, -0.05) is 44.5 Å². The number of halogens is 1. The van der Waals surface area contributed by atoms with Crippen molar-refractivity contribution in [3.05, 3.63) is 34.9 Å². The predicted molar refractivity (Wildman–Crippen MR) is 67.9 cm³/mol. The lowest BCUT2D eigenvalue weighted by Gasteiger charge is -2.27. The van der Waals surface area contributed by atoms with Crippen LogP contribution in [0.5, 0.6) is 0 Å². The number of hydrogen-bond acceptors (Lipinski definition) is 1. The molecular formula is C14H19ClO. The molecule has 0 aliphatic carbocycles. The smallest absolute Gasteiger partial charge is 0.0967 e. The summed E-state index contributed by atoms with van der Waals surface area (Å²) in [5.41, 5.74) is 1.68. The van der Waals surface area contributed by atoms with Crippen molar-refractivity contribution in [1.82, 2.24) is 0 Å². The fraction of sp³-hybridized carbons (Fsp3) is 0.571. The molecule has 1 nitrogen and oxygen atoms in total. The molecule has 2 rings (SSSR count). The summed E-state index contributed by atoms with van der Waals surface area (Å²) in [5, 5.41) is 0.803. The summed E-state index contributed by atoms with van der Waals surface area (Å²) >= 11 is 5.86. The lowest BCUT2D eigenvalue weighted by atomic mass is 9.77. The fourth-order valence-electron chi connectivity index (χ4n) is 2.04. The lowest BCUT2D eigenvalue weighted by Crippen LogP contribution is -2.30. The average Bonchev–Trinajstić information content (AvgIpc) is 2.97. The Morgan fingerprint density at radius 2 is 1.81 bits per heavy atom. The summed E-state index contributed by atoms with van der Waals surface area (Å²) in [4.78, 5) is 0. The molecule has 0 amide bonds. The molecule has 1 aliphatic rings. The minimum absolute atomic E-state index is 0.104. The van der Waals surface area contributed by atoms with E-state index in [2.05, 4.69) is 32.9 Å². The predicted octanol–water partition coefficient (Wildman–Crippen LogP) is 4.09. The van der Waals surface area contributed by atoms with E-state index in [1.54, 1.807) is 0 Å². The first-order valence-electron chi connectivity index (χ1n) is 5.81. The summed E-state index contributed by atoms with van der Waals surface area (Å²) in [5.74, 6) is 0. The van der Waals surface area contributed by atoms with Crippen molar-refractivity contribution in [2.24, 2.45) is 5.41 Å². The van der Waals surface area contributed by atoms with Gasteiger partial charge in [0.2, 0.25) is 0 Å². The molecule has 0 bridgehead atoms. The molecule has 16 heavy (non-hydrogen) atoms. The van der Waals surface area contributed by atoms with E-state index in [4.69, 9.17) is 16.3 Å². The van der Waals surface area contributed by atoms with Crippen LogP contribution < -0.4 is 0 Å². The third kappa shape index (κ3) is 2.41. The van der Waals surface area contributed by atoms with Crippen LogP contribution in [0.3, 0.4) is 0 Å². The molecule has 2 heteroatoms. The molecule has 0 aromatic heterocycles. The van der Waals surface area contributed by atoms with Crippen LogP contribution in [0.4, 0.5) is 0 Å². The van der Waals surface area contributed by atoms with Gasteiger partial charge in [-0.2, -0.15) is 0 Å². The quantitative estimate of drug-likeness (QED) is 0.723. The third-order valence-electron chi connectivity index (χ3n) is 3.59. The highest BCUT2D eigenvalue weighted by Crippen LogP contribution is 2.47. The molecule has 1 atom stereocenters. The molecule has 1 aromatic rings. The number of rotatable bonds is 3. The van der Waals surface area contributed by atoms with E-state index in [0.29, 0.717) is 0 Å². The Labute approximate surface area is 103 Å². The van der Waals surface area contributed by atoms with Crippen LogP contribution in [0.1, 0.15) is 32.8 Å². The first-order valence-corrected chi connectivity index (χ1v) is 6.19. The zero-order chi connectivity index (χ0) is 11.8. The van der Waals surface area contributed by atoms with Gasteiger partial charge in [0.25, 0.3) is 0 Å². The van der Waals surface area contributed by atoms with E-state index in [-0.39, 0.29) is 11.0 Å². The van der Waals surface area contributed by atoms with Gasteiger partial charge in [-0.15, -0.1) is 0 Å². The minimum Gasteiger partial charge on any atom is -0.369 e. The zero-order valence-corrected chi connectivity index (χ0v) is 11.0. The normalized spacial score (nSPS) is 24.5. The van der Waals surface area contributed by atoms with E-state index in [0.717, 1.165) is 24.5 Å². The molecule has 88 valence electrons. The minimum atomic E-state index is 0.104. The molecule has 0 unspecified atom stereocenters. The van der Waals surface area contributed by atoms with Crippen molar-refractivity contribution in [2.75, 3.05) is 6.61 Å². The highest BCUT2D eigenvalue weighted by atomic mass is 35.5. The zero-order valence-electron chi connectivity index (χ0n) is 10.2. The Morgan fingerprint density at radius 3 is 2.25 bits per heavy atom. The maximum absolute atomic E-state index is 5.86. The van der Waals surface area contributed by atoms with E-state index in [1.165, 1.54) is 5.56 Å². The summed E-state index contributed by atoms with van der Waals surface area (Å²) in [7, 11) is 0. The molecule has 0 spiro atoms. The summed E-state index contributed by atoms with van der Waals surface area (Å²) in [6, 6.07) is 8.10. The number of hydrogen-bond donors (Lipinski definition) is 0. The lowest BCUT2D eigenvalue weighted by molar-refractivity contribution is 0.145. The van der Waals surface area contributed by atoms with Crippen molar-refractivity contribution in [3.8, 4) is 0 Å². The van der Waals surface area contributed by atoms with E-state index in [1.807, 2.05) is 12.1 Å². The molecule has 0 saturated carbocycles. The average molecular weight is 239 g/mol. The number of epoxide rings is 1. The van der Waals surface area contributed by atoms with Gasteiger partial charge in [0.05, 0.1) is 12.2 Å². The Morgan fingerprint density at radius 1 is 1.25 bits per heavy atom. The molecule has 0 N–H and O–H groups in total. The Kier molecular flexibility index (Phi) is 3.02. The molecule has 1 saturated heterocycles. The van der Waals surface area contributed by atoms with Gasteiger partial charge in [-0.3, -0.25) is 0 Å². The first-order chi connectivity index (χ1) is 7.43. The van der Waals surface area contributed by atoms with Crippen molar-refractivity contribution >= 4 is 11.6 Å². The topological polar surface area (TPSA) is 12.5 Å². The van der Waals surface area contributed by atoms with Crippen molar-refractivity contribution in [1.29, 1.82) is 0 Å². The standard InChI is InChI=1S/C14H19ClO/c1-13(2,3)14(10-16-14)9-8-11-4-6-12(15)7-5-11/h4-7H,8-10H2,1-3H3/t14-/m1/s1. The first kappa shape index (κ1) is 11.9. The molecule has 1 fully saturated rings. The van der Waals surface area contributed by atoms with Gasteiger partial charge in [0, 0.05) is 5.02 Å². The van der Waals surface area contributed by atoms with Crippen LogP contribution in [0.25, 0.3) is 0 Å². The Hall–Kier alpha value is -0.530. The van der Waals surface area contributed by atoms with Gasteiger partial charge in [0.15, 0.2) is 0 Å². The second-order valence-corrected chi connectivity index (χ2v) is 6.10. The van der Waals surface area contributed by atoms with E-state index in [9.17, 15) is 0 Å². The van der Waals surface area contributed by atoms with Gasteiger partial charge in [-0.25, -0.2) is 0 Å². The van der Waals surface area contributed by atoms with E-state index >= 15 is 0 Å².